The number of amides is 1. The smallest absolute Gasteiger partial charge is 0.221 e. The molecule has 1 aliphatic heterocycles. The van der Waals surface area contributed by atoms with Crippen molar-refractivity contribution in [3.8, 4) is 0 Å². The molecule has 1 N–H and O–H groups in total. The zero-order valence-electron chi connectivity index (χ0n) is 13.4. The first-order valence-corrected chi connectivity index (χ1v) is 7.84. The second-order valence-electron chi connectivity index (χ2n) is 6.12. The summed E-state index contributed by atoms with van der Waals surface area (Å²) in [6.45, 7) is 9.44. The molecular weight excluding hydrogens is 262 g/mol. The van der Waals surface area contributed by atoms with Crippen molar-refractivity contribution in [3.63, 3.8) is 0 Å². The van der Waals surface area contributed by atoms with E-state index in [0.717, 1.165) is 24.7 Å². The topological polar surface area (TPSA) is 35.6 Å². The Kier molecular flexibility index (Phi) is 5.76. The van der Waals surface area contributed by atoms with Crippen LogP contribution < -0.4 is 5.32 Å². The maximum Gasteiger partial charge on any atom is 0.221 e. The number of likely N-dealkylation sites (tertiary alicyclic amines) is 1. The standard InChI is InChI=1S/C17H27N3O/c1-4-20(13-16-9-10-19(3)11-16)12-15-5-7-17(8-6-15)18-14(2)21/h5-8,16H,4,9-13H2,1-3H3,(H,18,21). The van der Waals surface area contributed by atoms with Crippen LogP contribution in [0.3, 0.4) is 0 Å². The predicted octanol–water partition coefficient (Wildman–Crippen LogP) is 2.42. The Balaban J connectivity index is 1.87. The van der Waals surface area contributed by atoms with Gasteiger partial charge in [0.2, 0.25) is 5.91 Å². The minimum absolute atomic E-state index is 0.0247. The molecule has 0 aliphatic carbocycles. The van der Waals surface area contributed by atoms with Crippen LogP contribution in [0.25, 0.3) is 0 Å². The van der Waals surface area contributed by atoms with E-state index in [0.29, 0.717) is 0 Å². The molecule has 4 heteroatoms. The van der Waals surface area contributed by atoms with E-state index in [1.54, 1.807) is 0 Å². The summed E-state index contributed by atoms with van der Waals surface area (Å²) in [5.41, 5.74) is 2.17. The third-order valence-corrected chi connectivity index (χ3v) is 4.13. The average molecular weight is 289 g/mol. The Morgan fingerprint density at radius 2 is 2.10 bits per heavy atom. The zero-order chi connectivity index (χ0) is 15.2. The van der Waals surface area contributed by atoms with Gasteiger partial charge in [-0.15, -0.1) is 0 Å². The summed E-state index contributed by atoms with van der Waals surface area (Å²) in [5, 5.41) is 2.80. The molecule has 1 atom stereocenters. The molecule has 0 saturated carbocycles. The van der Waals surface area contributed by atoms with E-state index in [9.17, 15) is 4.79 Å². The first-order chi connectivity index (χ1) is 10.1. The molecule has 1 saturated heterocycles. The van der Waals surface area contributed by atoms with Crippen molar-refractivity contribution >= 4 is 11.6 Å². The summed E-state index contributed by atoms with van der Waals surface area (Å²) >= 11 is 0. The highest BCUT2D eigenvalue weighted by Gasteiger charge is 2.21. The lowest BCUT2D eigenvalue weighted by molar-refractivity contribution is -0.114. The third-order valence-electron chi connectivity index (χ3n) is 4.13. The van der Waals surface area contributed by atoms with Gasteiger partial charge in [0.15, 0.2) is 0 Å². The zero-order valence-corrected chi connectivity index (χ0v) is 13.4. The average Bonchev–Trinajstić information content (AvgIpc) is 2.85. The largest absolute Gasteiger partial charge is 0.326 e. The number of benzene rings is 1. The fourth-order valence-corrected chi connectivity index (χ4v) is 3.00. The normalized spacial score (nSPS) is 19.1. The van der Waals surface area contributed by atoms with Crippen LogP contribution in [0.2, 0.25) is 0 Å². The highest BCUT2D eigenvalue weighted by molar-refractivity contribution is 5.88. The number of nitrogens with zero attached hydrogens (tertiary/aromatic N) is 2. The molecular formula is C17H27N3O. The predicted molar refractivity (Wildman–Crippen MR) is 87.3 cm³/mol. The first kappa shape index (κ1) is 16.0. The van der Waals surface area contributed by atoms with Gasteiger partial charge < -0.3 is 10.2 Å². The van der Waals surface area contributed by atoms with Crippen LogP contribution in [0.1, 0.15) is 25.8 Å². The van der Waals surface area contributed by atoms with Gasteiger partial charge in [0.05, 0.1) is 0 Å². The van der Waals surface area contributed by atoms with Gasteiger partial charge in [-0.1, -0.05) is 19.1 Å². The number of hydrogen-bond donors (Lipinski definition) is 1. The van der Waals surface area contributed by atoms with Gasteiger partial charge in [-0.2, -0.15) is 0 Å². The van der Waals surface area contributed by atoms with Crippen molar-refractivity contribution in [1.29, 1.82) is 0 Å². The number of anilines is 1. The van der Waals surface area contributed by atoms with Crippen LogP contribution in [-0.2, 0) is 11.3 Å². The molecule has 1 aromatic carbocycles. The van der Waals surface area contributed by atoms with Gasteiger partial charge in [-0.25, -0.2) is 0 Å². The summed E-state index contributed by atoms with van der Waals surface area (Å²) in [4.78, 5) is 15.9. The summed E-state index contributed by atoms with van der Waals surface area (Å²) in [5.74, 6) is 0.775. The molecule has 116 valence electrons. The van der Waals surface area contributed by atoms with Gasteiger partial charge >= 0.3 is 0 Å². The van der Waals surface area contributed by atoms with Crippen LogP contribution in [0.5, 0.6) is 0 Å². The number of nitrogens with one attached hydrogen (secondary N) is 1. The van der Waals surface area contributed by atoms with Gasteiger partial charge in [-0.05, 0) is 50.2 Å². The fourth-order valence-electron chi connectivity index (χ4n) is 3.00. The summed E-state index contributed by atoms with van der Waals surface area (Å²) < 4.78 is 0. The third kappa shape index (κ3) is 5.14. The summed E-state index contributed by atoms with van der Waals surface area (Å²) in [6, 6.07) is 8.17. The molecule has 0 spiro atoms. The van der Waals surface area contributed by atoms with Crippen molar-refractivity contribution < 1.29 is 4.79 Å². The van der Waals surface area contributed by atoms with Crippen molar-refractivity contribution in [3.05, 3.63) is 29.8 Å². The molecule has 1 amide bonds. The maximum atomic E-state index is 11.0. The second-order valence-corrected chi connectivity index (χ2v) is 6.12. The molecule has 0 aromatic heterocycles. The lowest BCUT2D eigenvalue weighted by Crippen LogP contribution is -2.30. The fraction of sp³-hybridized carbons (Fsp3) is 0.588. The molecule has 0 radical (unpaired) electrons. The van der Waals surface area contributed by atoms with E-state index in [-0.39, 0.29) is 5.91 Å². The van der Waals surface area contributed by atoms with Gasteiger partial charge in [0, 0.05) is 32.2 Å². The van der Waals surface area contributed by atoms with Crippen molar-refractivity contribution in [1.82, 2.24) is 9.80 Å². The van der Waals surface area contributed by atoms with E-state index in [4.69, 9.17) is 0 Å². The highest BCUT2D eigenvalue weighted by Crippen LogP contribution is 2.17. The van der Waals surface area contributed by atoms with Crippen LogP contribution in [-0.4, -0.2) is 48.9 Å². The lowest BCUT2D eigenvalue weighted by atomic mass is 10.1. The Bertz CT molecular complexity index is 458. The van der Waals surface area contributed by atoms with Crippen molar-refractivity contribution in [2.24, 2.45) is 5.92 Å². The molecule has 1 fully saturated rings. The van der Waals surface area contributed by atoms with Gasteiger partial charge in [0.25, 0.3) is 0 Å². The number of carbonyl (C=O) groups is 1. The summed E-state index contributed by atoms with van der Waals surface area (Å²) in [7, 11) is 2.21. The minimum atomic E-state index is -0.0247. The number of hydrogen-bond acceptors (Lipinski definition) is 3. The molecule has 4 nitrogen and oxygen atoms in total. The molecule has 1 aromatic rings. The second kappa shape index (κ2) is 7.57. The molecule has 1 heterocycles. The minimum Gasteiger partial charge on any atom is -0.326 e. The molecule has 1 aliphatic rings. The lowest BCUT2D eigenvalue weighted by Gasteiger charge is -2.24. The van der Waals surface area contributed by atoms with Crippen molar-refractivity contribution in [2.75, 3.05) is 38.5 Å². The number of rotatable bonds is 6. The Morgan fingerprint density at radius 3 is 2.62 bits per heavy atom. The summed E-state index contributed by atoms with van der Waals surface area (Å²) in [6.07, 6.45) is 1.31. The quantitative estimate of drug-likeness (QED) is 0.873. The maximum absolute atomic E-state index is 11.0. The monoisotopic (exact) mass is 289 g/mol. The molecule has 1 unspecified atom stereocenters. The van der Waals surface area contributed by atoms with Crippen LogP contribution >= 0.6 is 0 Å². The SMILES string of the molecule is CCN(Cc1ccc(NC(C)=O)cc1)CC1CCN(C)C1. The van der Waals surface area contributed by atoms with E-state index >= 15 is 0 Å². The van der Waals surface area contributed by atoms with E-state index < -0.39 is 0 Å². The molecule has 2 rings (SSSR count). The highest BCUT2D eigenvalue weighted by atomic mass is 16.1. The van der Waals surface area contributed by atoms with Crippen LogP contribution in [0.4, 0.5) is 5.69 Å². The molecule has 0 bridgehead atoms. The van der Waals surface area contributed by atoms with Gasteiger partial charge in [0.1, 0.15) is 0 Å². The molecule has 21 heavy (non-hydrogen) atoms. The van der Waals surface area contributed by atoms with Crippen molar-refractivity contribution in [2.45, 2.75) is 26.8 Å². The Morgan fingerprint density at radius 1 is 1.38 bits per heavy atom. The Labute approximate surface area is 128 Å². The number of carbonyl (C=O) groups excluding carboxylic acids is 1. The van der Waals surface area contributed by atoms with Gasteiger partial charge in [-0.3, -0.25) is 9.69 Å². The van der Waals surface area contributed by atoms with Crippen LogP contribution in [0, 0.1) is 5.92 Å². The van der Waals surface area contributed by atoms with Crippen LogP contribution in [0.15, 0.2) is 24.3 Å². The van der Waals surface area contributed by atoms with E-state index in [1.165, 1.54) is 38.5 Å². The Hall–Kier alpha value is -1.39. The van der Waals surface area contributed by atoms with E-state index in [1.807, 2.05) is 12.1 Å². The first-order valence-electron chi connectivity index (χ1n) is 7.84. The van der Waals surface area contributed by atoms with E-state index in [2.05, 4.69) is 41.2 Å².